The normalized spacial score (nSPS) is 10.4. The minimum Gasteiger partial charge on any atom is -0.313 e. The molecule has 0 amide bonds. The van der Waals surface area contributed by atoms with Crippen LogP contribution in [0.25, 0.3) is 0 Å². The zero-order valence-corrected chi connectivity index (χ0v) is 11.6. The number of anilines is 1. The molecule has 0 spiro atoms. The highest BCUT2D eigenvalue weighted by atomic mass is 32.2. The molecule has 2 nitrogen and oxygen atoms in total. The molecule has 0 aliphatic carbocycles. The highest BCUT2D eigenvalue weighted by molar-refractivity contribution is 7.98. The Morgan fingerprint density at radius 1 is 1.06 bits per heavy atom. The summed E-state index contributed by atoms with van der Waals surface area (Å²) in [6.45, 7) is 2.13. The summed E-state index contributed by atoms with van der Waals surface area (Å²) in [6.07, 6.45) is 0. The van der Waals surface area contributed by atoms with Crippen molar-refractivity contribution in [1.82, 2.24) is 0 Å². The smallest absolute Gasteiger partial charge is 0.0652 e. The summed E-state index contributed by atoms with van der Waals surface area (Å²) in [5.41, 5.74) is 3.68. The largest absolute Gasteiger partial charge is 0.313 e. The van der Waals surface area contributed by atoms with Crippen molar-refractivity contribution < 1.29 is 0 Å². The quantitative estimate of drug-likeness (QED) is 0.516. The van der Waals surface area contributed by atoms with E-state index in [2.05, 4.69) is 43.3 Å². The molecule has 2 N–H and O–H groups in total. The minimum absolute atomic E-state index is 0.965. The van der Waals surface area contributed by atoms with Crippen LogP contribution in [0, 0.1) is 6.92 Å². The second-order valence-corrected chi connectivity index (χ2v) is 5.29. The molecule has 0 saturated carbocycles. The number of rotatable bonds is 4. The molecule has 94 valence electrons. The van der Waals surface area contributed by atoms with Gasteiger partial charge >= 0.3 is 0 Å². The predicted molar refractivity (Wildman–Crippen MR) is 79.8 cm³/mol. The Hall–Kier alpha value is -1.45. The lowest BCUT2D eigenvalue weighted by Crippen LogP contribution is -2.25. The maximum atomic E-state index is 5.87. The van der Waals surface area contributed by atoms with Crippen molar-refractivity contribution in [1.29, 1.82) is 0 Å². The van der Waals surface area contributed by atoms with Crippen LogP contribution in [0.2, 0.25) is 0 Å². The molecule has 0 saturated heterocycles. The van der Waals surface area contributed by atoms with Gasteiger partial charge in [-0.3, -0.25) is 0 Å². The van der Waals surface area contributed by atoms with Gasteiger partial charge in [0.25, 0.3) is 0 Å². The van der Waals surface area contributed by atoms with E-state index in [1.54, 1.807) is 5.01 Å². The monoisotopic (exact) mass is 258 g/mol. The van der Waals surface area contributed by atoms with Crippen LogP contribution in [0.15, 0.2) is 53.4 Å². The van der Waals surface area contributed by atoms with Gasteiger partial charge < -0.3 is 5.01 Å². The van der Waals surface area contributed by atoms with Crippen LogP contribution in [-0.4, -0.2) is 7.05 Å². The Bertz CT molecular complexity index is 509. The van der Waals surface area contributed by atoms with E-state index in [9.17, 15) is 0 Å². The van der Waals surface area contributed by atoms with E-state index in [0.29, 0.717) is 0 Å². The van der Waals surface area contributed by atoms with Crippen LogP contribution in [0.3, 0.4) is 0 Å². The number of hydrogen-bond donors (Lipinski definition) is 1. The molecule has 0 aliphatic heterocycles. The molecule has 0 atom stereocenters. The number of benzene rings is 2. The summed E-state index contributed by atoms with van der Waals surface area (Å²) in [4.78, 5) is 1.26. The summed E-state index contributed by atoms with van der Waals surface area (Å²) < 4.78 is 0. The lowest BCUT2D eigenvalue weighted by Gasteiger charge is -2.18. The molecule has 0 bridgehead atoms. The third-order valence-corrected chi connectivity index (χ3v) is 4.09. The highest BCUT2D eigenvalue weighted by Crippen LogP contribution is 2.33. The Morgan fingerprint density at radius 3 is 2.44 bits per heavy atom. The van der Waals surface area contributed by atoms with Gasteiger partial charge in [0.2, 0.25) is 0 Å². The number of thioether (sulfide) groups is 1. The van der Waals surface area contributed by atoms with Crippen molar-refractivity contribution in [3.8, 4) is 0 Å². The summed E-state index contributed by atoms with van der Waals surface area (Å²) in [6, 6.07) is 16.7. The molecule has 0 aromatic heterocycles. The van der Waals surface area contributed by atoms with Crippen LogP contribution in [-0.2, 0) is 5.75 Å². The van der Waals surface area contributed by atoms with Crippen LogP contribution in [0.1, 0.15) is 11.1 Å². The molecule has 2 aromatic rings. The van der Waals surface area contributed by atoms with Crippen molar-refractivity contribution >= 4 is 17.4 Å². The van der Waals surface area contributed by atoms with Crippen LogP contribution in [0.5, 0.6) is 0 Å². The van der Waals surface area contributed by atoms with Gasteiger partial charge in [-0.1, -0.05) is 42.5 Å². The van der Waals surface area contributed by atoms with E-state index < -0.39 is 0 Å². The van der Waals surface area contributed by atoms with Crippen molar-refractivity contribution in [3.05, 3.63) is 59.7 Å². The first-order valence-corrected chi connectivity index (χ1v) is 6.92. The van der Waals surface area contributed by atoms with E-state index in [-0.39, 0.29) is 0 Å². The Kier molecular flexibility index (Phi) is 4.28. The maximum absolute atomic E-state index is 5.87. The second-order valence-electron chi connectivity index (χ2n) is 4.31. The first kappa shape index (κ1) is 13.0. The van der Waals surface area contributed by atoms with Gasteiger partial charge in [-0.05, 0) is 24.1 Å². The Balaban J connectivity index is 2.19. The molecule has 3 heteroatoms. The number of hydrazine groups is 1. The van der Waals surface area contributed by atoms with Gasteiger partial charge in [-0.15, -0.1) is 11.8 Å². The molecule has 2 aromatic carbocycles. The van der Waals surface area contributed by atoms with E-state index in [1.165, 1.54) is 16.0 Å². The number of hydrogen-bond acceptors (Lipinski definition) is 3. The minimum atomic E-state index is 0.965. The summed E-state index contributed by atoms with van der Waals surface area (Å²) >= 11 is 1.83. The first-order valence-electron chi connectivity index (χ1n) is 5.93. The fourth-order valence-electron chi connectivity index (χ4n) is 1.83. The van der Waals surface area contributed by atoms with Crippen LogP contribution in [0.4, 0.5) is 5.69 Å². The molecular weight excluding hydrogens is 240 g/mol. The van der Waals surface area contributed by atoms with Gasteiger partial charge in [-0.2, -0.15) is 0 Å². The van der Waals surface area contributed by atoms with E-state index in [0.717, 1.165) is 11.4 Å². The average Bonchev–Trinajstić information content (AvgIpc) is 2.38. The molecule has 2 rings (SSSR count). The summed E-state index contributed by atoms with van der Waals surface area (Å²) in [7, 11) is 1.88. The lowest BCUT2D eigenvalue weighted by molar-refractivity contribution is 0.989. The molecule has 0 aliphatic rings. The number of nitrogens with zero attached hydrogens (tertiary/aromatic N) is 1. The third kappa shape index (κ3) is 3.06. The average molecular weight is 258 g/mol. The Labute approximate surface area is 113 Å². The second kappa shape index (κ2) is 5.94. The van der Waals surface area contributed by atoms with E-state index in [1.807, 2.05) is 30.9 Å². The van der Waals surface area contributed by atoms with Gasteiger partial charge in [0.15, 0.2) is 0 Å². The zero-order valence-electron chi connectivity index (χ0n) is 10.8. The zero-order chi connectivity index (χ0) is 13.0. The van der Waals surface area contributed by atoms with Crippen molar-refractivity contribution in [2.45, 2.75) is 17.6 Å². The number of aryl methyl sites for hydroxylation is 1. The molecule has 0 unspecified atom stereocenters. The Morgan fingerprint density at radius 2 is 1.78 bits per heavy atom. The van der Waals surface area contributed by atoms with E-state index in [4.69, 9.17) is 5.84 Å². The van der Waals surface area contributed by atoms with Crippen LogP contribution < -0.4 is 10.9 Å². The van der Waals surface area contributed by atoms with Crippen molar-refractivity contribution in [2.75, 3.05) is 12.1 Å². The first-order chi connectivity index (χ1) is 8.68. The van der Waals surface area contributed by atoms with Crippen LogP contribution >= 0.6 is 11.8 Å². The van der Waals surface area contributed by atoms with E-state index >= 15 is 0 Å². The maximum Gasteiger partial charge on any atom is 0.0652 e. The standard InChI is InChI=1S/C15H18N2S/c1-12-7-6-10-14(17(2)16)15(12)18-11-13-8-4-3-5-9-13/h3-10H,11,16H2,1-2H3. The fraction of sp³-hybridized carbons (Fsp3) is 0.200. The molecule has 18 heavy (non-hydrogen) atoms. The van der Waals surface area contributed by atoms with Gasteiger partial charge in [0.1, 0.15) is 0 Å². The topological polar surface area (TPSA) is 29.3 Å². The van der Waals surface area contributed by atoms with Gasteiger partial charge in [-0.25, -0.2) is 5.84 Å². The molecular formula is C15H18N2S. The fourth-order valence-corrected chi connectivity index (χ4v) is 2.99. The molecule has 0 heterocycles. The van der Waals surface area contributed by atoms with Crippen molar-refractivity contribution in [3.63, 3.8) is 0 Å². The third-order valence-electron chi connectivity index (χ3n) is 2.80. The highest BCUT2D eigenvalue weighted by Gasteiger charge is 2.08. The lowest BCUT2D eigenvalue weighted by atomic mass is 10.2. The van der Waals surface area contributed by atoms with Crippen molar-refractivity contribution in [2.24, 2.45) is 5.84 Å². The predicted octanol–water partition coefficient (Wildman–Crippen LogP) is 3.60. The van der Waals surface area contributed by atoms with Gasteiger partial charge in [0, 0.05) is 17.7 Å². The van der Waals surface area contributed by atoms with Gasteiger partial charge in [0.05, 0.1) is 5.69 Å². The summed E-state index contributed by atoms with van der Waals surface area (Å²) in [5.74, 6) is 6.84. The number of nitrogens with two attached hydrogens (primary N) is 1. The summed E-state index contributed by atoms with van der Waals surface area (Å²) in [5, 5.41) is 1.68. The SMILES string of the molecule is Cc1cccc(N(C)N)c1SCc1ccccc1. The molecule has 0 fully saturated rings. The molecule has 0 radical (unpaired) electrons.